The Balaban J connectivity index is 2.25. The van der Waals surface area contributed by atoms with E-state index in [0.29, 0.717) is 17.9 Å². The Morgan fingerprint density at radius 3 is 2.57 bits per heavy atom. The van der Waals surface area contributed by atoms with Crippen LogP contribution in [-0.2, 0) is 16.1 Å². The second-order valence-electron chi connectivity index (χ2n) is 5.52. The zero-order valence-electron chi connectivity index (χ0n) is 13.7. The Labute approximate surface area is 136 Å². The Hall–Kier alpha value is -2.56. The first-order chi connectivity index (χ1) is 11.0. The normalized spacial score (nSPS) is 11.8. The highest BCUT2D eigenvalue weighted by Crippen LogP contribution is 2.18. The number of methoxy groups -OCH3 is 1. The van der Waals surface area contributed by atoms with E-state index < -0.39 is 5.97 Å². The van der Waals surface area contributed by atoms with Gasteiger partial charge in [0.2, 0.25) is 5.91 Å². The Bertz CT molecular complexity index is 677. The summed E-state index contributed by atoms with van der Waals surface area (Å²) in [5, 5.41) is 2.85. The van der Waals surface area contributed by atoms with Gasteiger partial charge in [0.25, 0.3) is 0 Å². The molecule has 0 aliphatic carbocycles. The van der Waals surface area contributed by atoms with Crippen LogP contribution in [0.25, 0.3) is 0 Å². The van der Waals surface area contributed by atoms with Gasteiger partial charge >= 0.3 is 5.97 Å². The highest BCUT2D eigenvalue weighted by molar-refractivity contribution is 5.95. The van der Waals surface area contributed by atoms with Crippen LogP contribution in [0.1, 0.15) is 36.3 Å². The van der Waals surface area contributed by atoms with Gasteiger partial charge in [-0.3, -0.25) is 4.79 Å². The summed E-state index contributed by atoms with van der Waals surface area (Å²) in [6.07, 6.45) is 2.53. The number of esters is 1. The molecule has 0 fully saturated rings. The minimum absolute atomic E-state index is 0.0548. The number of aromatic nitrogens is 1. The molecule has 1 atom stereocenters. The van der Waals surface area contributed by atoms with Crippen LogP contribution in [0.2, 0.25) is 0 Å². The molecular formula is C18H22N2O3. The van der Waals surface area contributed by atoms with Crippen molar-refractivity contribution in [1.82, 2.24) is 4.57 Å². The predicted molar refractivity (Wildman–Crippen MR) is 89.4 cm³/mol. The average molecular weight is 314 g/mol. The average Bonchev–Trinajstić information content (AvgIpc) is 2.96. The van der Waals surface area contributed by atoms with E-state index in [1.807, 2.05) is 44.2 Å². The van der Waals surface area contributed by atoms with Gasteiger partial charge in [-0.25, -0.2) is 4.79 Å². The lowest BCUT2D eigenvalue weighted by Gasteiger charge is -2.08. The van der Waals surface area contributed by atoms with Crippen molar-refractivity contribution in [3.63, 3.8) is 0 Å². The number of hydrogen-bond acceptors (Lipinski definition) is 3. The molecule has 5 nitrogen and oxygen atoms in total. The van der Waals surface area contributed by atoms with Crippen LogP contribution in [0.4, 0.5) is 5.69 Å². The van der Waals surface area contributed by atoms with E-state index in [0.717, 1.165) is 12.0 Å². The minimum atomic E-state index is -0.426. The summed E-state index contributed by atoms with van der Waals surface area (Å²) in [4.78, 5) is 24.0. The largest absolute Gasteiger partial charge is 0.464 e. The molecule has 2 rings (SSSR count). The van der Waals surface area contributed by atoms with Gasteiger partial charge < -0.3 is 14.6 Å². The van der Waals surface area contributed by atoms with Crippen LogP contribution in [0.5, 0.6) is 0 Å². The molecular weight excluding hydrogens is 292 g/mol. The lowest BCUT2D eigenvalue weighted by molar-refractivity contribution is -0.119. The first kappa shape index (κ1) is 16.8. The van der Waals surface area contributed by atoms with Crippen LogP contribution >= 0.6 is 0 Å². The number of hydrogen-bond donors (Lipinski definition) is 1. The molecule has 2 aromatic rings. The number of anilines is 1. The molecule has 1 amide bonds. The maximum Gasteiger partial charge on any atom is 0.354 e. The van der Waals surface area contributed by atoms with Gasteiger partial charge in [0.05, 0.1) is 12.8 Å². The molecule has 0 saturated carbocycles. The third kappa shape index (κ3) is 4.22. The van der Waals surface area contributed by atoms with Gasteiger partial charge in [-0.2, -0.15) is 0 Å². The SMILES string of the molecule is CC[C@H](C)C(=O)Nc1cc(C(=O)OC)n(Cc2ccccc2)c1. The second-order valence-corrected chi connectivity index (χ2v) is 5.52. The van der Waals surface area contributed by atoms with Gasteiger partial charge in [0, 0.05) is 18.7 Å². The highest BCUT2D eigenvalue weighted by Gasteiger charge is 2.17. The van der Waals surface area contributed by atoms with Gasteiger partial charge in [-0.1, -0.05) is 44.2 Å². The summed E-state index contributed by atoms with van der Waals surface area (Å²) < 4.78 is 6.61. The number of carbonyl (C=O) groups is 2. The molecule has 1 heterocycles. The zero-order valence-corrected chi connectivity index (χ0v) is 13.7. The van der Waals surface area contributed by atoms with E-state index in [1.165, 1.54) is 7.11 Å². The summed E-state index contributed by atoms with van der Waals surface area (Å²) in [5.41, 5.74) is 2.08. The van der Waals surface area contributed by atoms with Crippen LogP contribution < -0.4 is 5.32 Å². The summed E-state index contributed by atoms with van der Waals surface area (Å²) in [7, 11) is 1.35. The third-order valence-corrected chi connectivity index (χ3v) is 3.81. The lowest BCUT2D eigenvalue weighted by Crippen LogP contribution is -2.19. The van der Waals surface area contributed by atoms with Crippen molar-refractivity contribution in [3.05, 3.63) is 53.9 Å². The molecule has 0 aliphatic heterocycles. The molecule has 0 aliphatic rings. The van der Waals surface area contributed by atoms with E-state index in [4.69, 9.17) is 4.74 Å². The van der Waals surface area contributed by atoms with Gasteiger partial charge in [-0.15, -0.1) is 0 Å². The molecule has 122 valence electrons. The van der Waals surface area contributed by atoms with Crippen LogP contribution in [0.15, 0.2) is 42.6 Å². The monoisotopic (exact) mass is 314 g/mol. The van der Waals surface area contributed by atoms with Crippen molar-refractivity contribution in [2.45, 2.75) is 26.8 Å². The van der Waals surface area contributed by atoms with Gasteiger partial charge in [0.15, 0.2) is 0 Å². The lowest BCUT2D eigenvalue weighted by atomic mass is 10.1. The standard InChI is InChI=1S/C18H22N2O3/c1-4-13(2)17(21)19-15-10-16(18(22)23-3)20(12-15)11-14-8-6-5-7-9-14/h5-10,12-13H,4,11H2,1-3H3,(H,19,21)/t13-/m0/s1. The topological polar surface area (TPSA) is 60.3 Å². The summed E-state index contributed by atoms with van der Waals surface area (Å²) in [6, 6.07) is 11.5. The fourth-order valence-corrected chi connectivity index (χ4v) is 2.22. The number of benzene rings is 1. The van der Waals surface area contributed by atoms with Crippen molar-refractivity contribution in [2.75, 3.05) is 12.4 Å². The number of ether oxygens (including phenoxy) is 1. The van der Waals surface area contributed by atoms with Crippen LogP contribution in [0.3, 0.4) is 0 Å². The highest BCUT2D eigenvalue weighted by atomic mass is 16.5. The van der Waals surface area contributed by atoms with Crippen molar-refractivity contribution in [2.24, 2.45) is 5.92 Å². The van der Waals surface area contributed by atoms with Crippen molar-refractivity contribution >= 4 is 17.6 Å². The Morgan fingerprint density at radius 1 is 1.26 bits per heavy atom. The quantitative estimate of drug-likeness (QED) is 0.832. The summed E-state index contributed by atoms with van der Waals surface area (Å²) in [6.45, 7) is 4.37. The smallest absolute Gasteiger partial charge is 0.354 e. The minimum Gasteiger partial charge on any atom is -0.464 e. The van der Waals surface area contributed by atoms with Crippen molar-refractivity contribution in [1.29, 1.82) is 0 Å². The molecule has 1 N–H and O–H groups in total. The van der Waals surface area contributed by atoms with E-state index in [-0.39, 0.29) is 11.8 Å². The molecule has 0 bridgehead atoms. The number of carbonyl (C=O) groups excluding carboxylic acids is 2. The Morgan fingerprint density at radius 2 is 1.96 bits per heavy atom. The van der Waals surface area contributed by atoms with E-state index in [1.54, 1.807) is 16.8 Å². The number of rotatable bonds is 6. The van der Waals surface area contributed by atoms with E-state index in [2.05, 4.69) is 5.32 Å². The first-order valence-corrected chi connectivity index (χ1v) is 7.68. The maximum absolute atomic E-state index is 12.0. The Kier molecular flexibility index (Phi) is 5.57. The molecule has 1 aromatic carbocycles. The molecule has 0 unspecified atom stereocenters. The van der Waals surface area contributed by atoms with Crippen LogP contribution in [0, 0.1) is 5.92 Å². The fourth-order valence-electron chi connectivity index (χ4n) is 2.22. The van der Waals surface area contributed by atoms with E-state index in [9.17, 15) is 9.59 Å². The van der Waals surface area contributed by atoms with E-state index >= 15 is 0 Å². The van der Waals surface area contributed by atoms with Crippen LogP contribution in [-0.4, -0.2) is 23.6 Å². The molecule has 0 spiro atoms. The third-order valence-electron chi connectivity index (χ3n) is 3.81. The zero-order chi connectivity index (χ0) is 16.8. The second kappa shape index (κ2) is 7.63. The number of amides is 1. The number of nitrogens with zero attached hydrogens (tertiary/aromatic N) is 1. The van der Waals surface area contributed by atoms with Crippen molar-refractivity contribution in [3.8, 4) is 0 Å². The van der Waals surface area contributed by atoms with Crippen molar-refractivity contribution < 1.29 is 14.3 Å². The predicted octanol–water partition coefficient (Wildman–Crippen LogP) is 3.31. The maximum atomic E-state index is 12.0. The van der Waals surface area contributed by atoms with Gasteiger partial charge in [-0.05, 0) is 18.1 Å². The molecule has 23 heavy (non-hydrogen) atoms. The first-order valence-electron chi connectivity index (χ1n) is 7.68. The van der Waals surface area contributed by atoms with Gasteiger partial charge in [0.1, 0.15) is 5.69 Å². The molecule has 5 heteroatoms. The molecule has 0 saturated heterocycles. The summed E-state index contributed by atoms with van der Waals surface area (Å²) >= 11 is 0. The fraction of sp³-hybridized carbons (Fsp3) is 0.333. The molecule has 1 aromatic heterocycles. The molecule has 0 radical (unpaired) electrons. The summed E-state index contributed by atoms with van der Waals surface area (Å²) in [5.74, 6) is -0.556. The number of nitrogens with one attached hydrogen (secondary N) is 1.